The van der Waals surface area contributed by atoms with Gasteiger partial charge in [0.05, 0.1) is 11.7 Å². The summed E-state index contributed by atoms with van der Waals surface area (Å²) in [4.78, 5) is 33.5. The molecule has 5 nitrogen and oxygen atoms in total. The highest BCUT2D eigenvalue weighted by molar-refractivity contribution is 9.10. The van der Waals surface area contributed by atoms with E-state index < -0.39 is 0 Å². The Hall–Kier alpha value is -1.99. The van der Waals surface area contributed by atoms with E-state index in [1.165, 1.54) is 16.9 Å². The van der Waals surface area contributed by atoms with Gasteiger partial charge in [0, 0.05) is 34.5 Å². The summed E-state index contributed by atoms with van der Waals surface area (Å²) < 4.78 is 2.58. The fraction of sp³-hybridized carbons (Fsp3) is 0.316. The molecule has 0 unspecified atom stereocenters. The zero-order valence-corrected chi connectivity index (χ0v) is 17.0. The molecule has 1 amide bonds. The van der Waals surface area contributed by atoms with Crippen molar-refractivity contribution in [3.63, 3.8) is 0 Å². The first-order valence-corrected chi connectivity index (χ1v) is 10.1. The lowest BCUT2D eigenvalue weighted by Gasteiger charge is -2.17. The lowest BCUT2D eigenvalue weighted by Crippen LogP contribution is -2.31. The maximum Gasteiger partial charge on any atom is 0.262 e. The maximum atomic E-state index is 12.7. The summed E-state index contributed by atoms with van der Waals surface area (Å²) in [6.45, 7) is 4.99. The fourth-order valence-electron chi connectivity index (χ4n) is 3.41. The van der Waals surface area contributed by atoms with Crippen LogP contribution in [0.1, 0.15) is 22.4 Å². The second-order valence-electron chi connectivity index (χ2n) is 6.52. The summed E-state index contributed by atoms with van der Waals surface area (Å²) in [5, 5.41) is 0.679. The van der Waals surface area contributed by atoms with Crippen molar-refractivity contribution in [2.45, 2.75) is 33.2 Å². The number of carbonyl (C=O) groups excluding carboxylic acids is 1. The van der Waals surface area contributed by atoms with Crippen molar-refractivity contribution in [2.24, 2.45) is 0 Å². The van der Waals surface area contributed by atoms with Gasteiger partial charge in [0.1, 0.15) is 4.83 Å². The Bertz CT molecular complexity index is 1090. The first-order chi connectivity index (χ1) is 12.5. The summed E-state index contributed by atoms with van der Waals surface area (Å²) in [5.74, 6) is 0.0382. The van der Waals surface area contributed by atoms with Crippen molar-refractivity contribution >= 4 is 49.1 Å². The maximum absolute atomic E-state index is 12.7. The van der Waals surface area contributed by atoms with Crippen LogP contribution in [0.15, 0.2) is 33.8 Å². The van der Waals surface area contributed by atoms with Crippen LogP contribution in [-0.2, 0) is 17.8 Å². The number of halogens is 1. The summed E-state index contributed by atoms with van der Waals surface area (Å²) in [5.41, 5.74) is 3.08. The smallest absolute Gasteiger partial charge is 0.262 e. The summed E-state index contributed by atoms with van der Waals surface area (Å²) in [7, 11) is 0. The van der Waals surface area contributed by atoms with Crippen LogP contribution in [0.25, 0.3) is 10.2 Å². The van der Waals surface area contributed by atoms with Gasteiger partial charge in [-0.25, -0.2) is 4.98 Å². The van der Waals surface area contributed by atoms with Crippen molar-refractivity contribution in [3.8, 4) is 0 Å². The first kappa shape index (κ1) is 17.4. The molecule has 3 heterocycles. The molecule has 0 fully saturated rings. The minimum atomic E-state index is -0.0598. The molecule has 26 heavy (non-hydrogen) atoms. The zero-order chi connectivity index (χ0) is 18.4. The summed E-state index contributed by atoms with van der Waals surface area (Å²) in [6, 6.07) is 5.99. The first-order valence-electron chi connectivity index (χ1n) is 8.49. The number of carbonyl (C=O) groups is 1. The standard InChI is InChI=1S/C19H18BrN3O2S/c1-11-12(2)26-18-17(11)19(25)22(10-21-18)7-6-16(24)23-8-5-13-9-14(20)3-4-15(13)23/h3-4,9-10H,5-8H2,1-2H3. The minimum absolute atomic E-state index is 0.0382. The molecule has 1 aromatic carbocycles. The molecule has 4 rings (SSSR count). The van der Waals surface area contributed by atoms with Gasteiger partial charge in [0.25, 0.3) is 5.56 Å². The number of aromatic nitrogens is 2. The predicted octanol–water partition coefficient (Wildman–Crippen LogP) is 3.82. The van der Waals surface area contributed by atoms with Gasteiger partial charge in [0.2, 0.25) is 5.91 Å². The Kier molecular flexibility index (Phi) is 4.44. The molecule has 2 aromatic heterocycles. The molecular weight excluding hydrogens is 414 g/mol. The molecule has 0 atom stereocenters. The normalized spacial score (nSPS) is 13.4. The van der Waals surface area contributed by atoms with E-state index in [0.717, 1.165) is 31.9 Å². The SMILES string of the molecule is Cc1sc2ncn(CCC(=O)N3CCc4cc(Br)ccc43)c(=O)c2c1C. The third-order valence-corrected chi connectivity index (χ3v) is 6.57. The van der Waals surface area contributed by atoms with Crippen LogP contribution in [-0.4, -0.2) is 22.0 Å². The van der Waals surface area contributed by atoms with E-state index in [9.17, 15) is 9.59 Å². The van der Waals surface area contributed by atoms with E-state index in [4.69, 9.17) is 0 Å². The molecule has 3 aromatic rings. The van der Waals surface area contributed by atoms with Crippen molar-refractivity contribution in [1.82, 2.24) is 9.55 Å². The number of thiophene rings is 1. The molecule has 0 saturated heterocycles. The highest BCUT2D eigenvalue weighted by atomic mass is 79.9. The van der Waals surface area contributed by atoms with E-state index in [2.05, 4.69) is 27.0 Å². The fourth-order valence-corrected chi connectivity index (χ4v) is 4.81. The Labute approximate surface area is 163 Å². The molecule has 0 aliphatic carbocycles. The molecule has 0 radical (unpaired) electrons. The van der Waals surface area contributed by atoms with Crippen molar-refractivity contribution in [1.29, 1.82) is 0 Å². The van der Waals surface area contributed by atoms with Crippen LogP contribution in [0.2, 0.25) is 0 Å². The van der Waals surface area contributed by atoms with E-state index in [1.807, 2.05) is 30.9 Å². The topological polar surface area (TPSA) is 55.2 Å². The average Bonchev–Trinajstić information content (AvgIpc) is 3.15. The number of amides is 1. The zero-order valence-electron chi connectivity index (χ0n) is 14.6. The van der Waals surface area contributed by atoms with Gasteiger partial charge in [-0.15, -0.1) is 11.3 Å². The second kappa shape index (κ2) is 6.63. The van der Waals surface area contributed by atoms with Crippen LogP contribution in [0.3, 0.4) is 0 Å². The number of anilines is 1. The molecule has 1 aliphatic heterocycles. The van der Waals surface area contributed by atoms with Gasteiger partial charge >= 0.3 is 0 Å². The molecule has 0 N–H and O–H groups in total. The Morgan fingerprint density at radius 2 is 2.15 bits per heavy atom. The summed E-state index contributed by atoms with van der Waals surface area (Å²) >= 11 is 5.01. The third kappa shape index (κ3) is 2.89. The number of aryl methyl sites for hydroxylation is 3. The lowest BCUT2D eigenvalue weighted by molar-refractivity contribution is -0.118. The Balaban J connectivity index is 1.54. The number of benzene rings is 1. The Morgan fingerprint density at radius 1 is 1.35 bits per heavy atom. The largest absolute Gasteiger partial charge is 0.312 e. The van der Waals surface area contributed by atoms with Crippen LogP contribution >= 0.6 is 27.3 Å². The van der Waals surface area contributed by atoms with Crippen LogP contribution in [0.4, 0.5) is 5.69 Å². The van der Waals surface area contributed by atoms with Gasteiger partial charge in [0.15, 0.2) is 0 Å². The van der Waals surface area contributed by atoms with Crippen LogP contribution < -0.4 is 10.5 Å². The highest BCUT2D eigenvalue weighted by Gasteiger charge is 2.24. The number of hydrogen-bond donors (Lipinski definition) is 0. The van der Waals surface area contributed by atoms with Crippen LogP contribution in [0, 0.1) is 13.8 Å². The molecule has 7 heteroatoms. The lowest BCUT2D eigenvalue weighted by atomic mass is 10.2. The molecule has 1 aliphatic rings. The number of rotatable bonds is 3. The van der Waals surface area contributed by atoms with Gasteiger partial charge < -0.3 is 4.90 Å². The quantitative estimate of drug-likeness (QED) is 0.633. The monoisotopic (exact) mass is 431 g/mol. The third-order valence-electron chi connectivity index (χ3n) is 4.96. The van der Waals surface area contributed by atoms with E-state index in [0.29, 0.717) is 18.5 Å². The number of fused-ring (bicyclic) bond motifs is 2. The second-order valence-corrected chi connectivity index (χ2v) is 8.64. The number of nitrogens with zero attached hydrogens (tertiary/aromatic N) is 3. The summed E-state index contributed by atoms with van der Waals surface area (Å²) in [6.07, 6.45) is 2.70. The van der Waals surface area contributed by atoms with Gasteiger partial charge in [-0.3, -0.25) is 14.2 Å². The molecule has 134 valence electrons. The van der Waals surface area contributed by atoms with E-state index in [1.54, 1.807) is 10.9 Å². The van der Waals surface area contributed by atoms with Gasteiger partial charge in [-0.05, 0) is 49.6 Å². The predicted molar refractivity (Wildman–Crippen MR) is 108 cm³/mol. The van der Waals surface area contributed by atoms with Crippen molar-refractivity contribution in [3.05, 3.63) is 55.4 Å². The number of hydrogen-bond acceptors (Lipinski definition) is 4. The van der Waals surface area contributed by atoms with Crippen LogP contribution in [0.5, 0.6) is 0 Å². The highest BCUT2D eigenvalue weighted by Crippen LogP contribution is 2.31. The van der Waals surface area contributed by atoms with Gasteiger partial charge in [-0.2, -0.15) is 0 Å². The average molecular weight is 432 g/mol. The molecular formula is C19H18BrN3O2S. The molecule has 0 spiro atoms. The minimum Gasteiger partial charge on any atom is -0.312 e. The van der Waals surface area contributed by atoms with E-state index >= 15 is 0 Å². The van der Waals surface area contributed by atoms with Crippen molar-refractivity contribution in [2.75, 3.05) is 11.4 Å². The van der Waals surface area contributed by atoms with Crippen molar-refractivity contribution < 1.29 is 4.79 Å². The molecule has 0 bridgehead atoms. The molecule has 0 saturated carbocycles. The Morgan fingerprint density at radius 3 is 2.96 bits per heavy atom. The van der Waals surface area contributed by atoms with Gasteiger partial charge in [-0.1, -0.05) is 15.9 Å². The van der Waals surface area contributed by atoms with E-state index in [-0.39, 0.29) is 17.9 Å².